The smallest absolute Gasteiger partial charge is 0.235 e. The van der Waals surface area contributed by atoms with Gasteiger partial charge in [-0.3, -0.25) is 9.69 Å². The zero-order valence-corrected chi connectivity index (χ0v) is 11.2. The molecule has 0 bridgehead atoms. The molecular formula is C14H20N4O. The number of carbonyl (C=O) groups is 1. The van der Waals surface area contributed by atoms with Crippen molar-refractivity contribution in [3.05, 3.63) is 29.8 Å². The lowest BCUT2D eigenvalue weighted by Crippen LogP contribution is -2.37. The quantitative estimate of drug-likeness (QED) is 0.568. The van der Waals surface area contributed by atoms with Crippen LogP contribution in [0.3, 0.4) is 0 Å². The van der Waals surface area contributed by atoms with Crippen LogP contribution in [0.2, 0.25) is 0 Å². The van der Waals surface area contributed by atoms with Crippen molar-refractivity contribution in [2.24, 2.45) is 0 Å². The second-order valence-electron chi connectivity index (χ2n) is 4.34. The first-order valence-corrected chi connectivity index (χ1v) is 6.36. The Hall–Kier alpha value is -2.06. The van der Waals surface area contributed by atoms with E-state index in [2.05, 4.69) is 12.2 Å². The number of rotatable bonds is 7. The van der Waals surface area contributed by atoms with Crippen LogP contribution in [0, 0.1) is 11.3 Å². The molecule has 1 aromatic carbocycles. The summed E-state index contributed by atoms with van der Waals surface area (Å²) in [5.74, 6) is -0.135. The minimum absolute atomic E-state index is 0.0479. The van der Waals surface area contributed by atoms with Crippen LogP contribution in [-0.4, -0.2) is 30.4 Å². The van der Waals surface area contributed by atoms with E-state index in [0.29, 0.717) is 6.54 Å². The maximum atomic E-state index is 11.6. The number of hydrogen-bond acceptors (Lipinski definition) is 4. The summed E-state index contributed by atoms with van der Waals surface area (Å²) in [6, 6.07) is 9.54. The number of amides is 1. The maximum Gasteiger partial charge on any atom is 0.235 e. The van der Waals surface area contributed by atoms with E-state index in [4.69, 9.17) is 11.0 Å². The van der Waals surface area contributed by atoms with Crippen LogP contribution in [0.25, 0.3) is 0 Å². The average Bonchev–Trinajstić information content (AvgIpc) is 2.39. The van der Waals surface area contributed by atoms with Gasteiger partial charge in [-0.2, -0.15) is 5.26 Å². The number of anilines is 1. The molecule has 0 heterocycles. The highest BCUT2D eigenvalue weighted by molar-refractivity contribution is 5.78. The molecule has 1 aromatic rings. The van der Waals surface area contributed by atoms with Gasteiger partial charge in [-0.05, 0) is 24.6 Å². The lowest BCUT2D eigenvalue weighted by molar-refractivity contribution is -0.122. The molecule has 0 saturated heterocycles. The number of para-hydroxylation sites is 1. The normalized spacial score (nSPS) is 10.2. The second-order valence-corrected chi connectivity index (χ2v) is 4.34. The van der Waals surface area contributed by atoms with Crippen molar-refractivity contribution in [1.29, 1.82) is 5.26 Å². The standard InChI is InChI=1S/C14H20N4O/c1-2-9-18(11-14(19)17-8-7-15)10-12-5-3-4-6-13(12)16/h3-6H,2,8-11,16H2,1H3,(H,17,19). The fourth-order valence-corrected chi connectivity index (χ4v) is 1.85. The van der Waals surface area contributed by atoms with Crippen LogP contribution in [-0.2, 0) is 11.3 Å². The Labute approximate surface area is 114 Å². The highest BCUT2D eigenvalue weighted by Gasteiger charge is 2.11. The zero-order valence-electron chi connectivity index (χ0n) is 11.2. The van der Waals surface area contributed by atoms with Gasteiger partial charge in [-0.15, -0.1) is 0 Å². The Morgan fingerprint density at radius 2 is 2.21 bits per heavy atom. The van der Waals surface area contributed by atoms with E-state index in [0.717, 1.165) is 24.2 Å². The van der Waals surface area contributed by atoms with Crippen molar-refractivity contribution in [3.63, 3.8) is 0 Å². The Morgan fingerprint density at radius 3 is 2.84 bits per heavy atom. The number of nitrogens with zero attached hydrogens (tertiary/aromatic N) is 2. The van der Waals surface area contributed by atoms with Crippen LogP contribution in [0.15, 0.2) is 24.3 Å². The molecule has 0 unspecified atom stereocenters. The molecule has 0 aromatic heterocycles. The van der Waals surface area contributed by atoms with Crippen LogP contribution in [0.1, 0.15) is 18.9 Å². The third kappa shape index (κ3) is 5.40. The molecule has 0 spiro atoms. The number of nitrogen functional groups attached to an aromatic ring is 1. The third-order valence-corrected chi connectivity index (χ3v) is 2.72. The number of nitrogens with one attached hydrogen (secondary N) is 1. The first kappa shape index (κ1) is 15.0. The fraction of sp³-hybridized carbons (Fsp3) is 0.429. The molecule has 19 heavy (non-hydrogen) atoms. The number of nitrogens with two attached hydrogens (primary N) is 1. The summed E-state index contributed by atoms with van der Waals surface area (Å²) < 4.78 is 0. The van der Waals surface area contributed by atoms with E-state index in [1.165, 1.54) is 0 Å². The molecule has 5 heteroatoms. The maximum absolute atomic E-state index is 11.6. The van der Waals surface area contributed by atoms with Gasteiger partial charge in [0, 0.05) is 12.2 Å². The van der Waals surface area contributed by atoms with Gasteiger partial charge in [0.2, 0.25) is 5.91 Å². The van der Waals surface area contributed by atoms with Gasteiger partial charge in [0.05, 0.1) is 12.6 Å². The van der Waals surface area contributed by atoms with E-state index in [1.54, 1.807) is 0 Å². The molecule has 0 saturated carbocycles. The largest absolute Gasteiger partial charge is 0.398 e. The van der Waals surface area contributed by atoms with Crippen LogP contribution in [0.4, 0.5) is 5.69 Å². The van der Waals surface area contributed by atoms with Gasteiger partial charge in [0.25, 0.3) is 0 Å². The van der Waals surface area contributed by atoms with E-state index in [1.807, 2.05) is 35.2 Å². The van der Waals surface area contributed by atoms with Crippen molar-refractivity contribution in [2.75, 3.05) is 25.4 Å². The molecule has 1 rings (SSSR count). The minimum Gasteiger partial charge on any atom is -0.398 e. The molecule has 0 aliphatic carbocycles. The highest BCUT2D eigenvalue weighted by atomic mass is 16.2. The monoisotopic (exact) mass is 260 g/mol. The number of carbonyl (C=O) groups excluding carboxylic acids is 1. The summed E-state index contributed by atoms with van der Waals surface area (Å²) in [5, 5.41) is 11.0. The van der Waals surface area contributed by atoms with E-state index in [-0.39, 0.29) is 19.0 Å². The van der Waals surface area contributed by atoms with Crippen molar-refractivity contribution in [2.45, 2.75) is 19.9 Å². The van der Waals surface area contributed by atoms with Crippen molar-refractivity contribution in [1.82, 2.24) is 10.2 Å². The van der Waals surface area contributed by atoms with E-state index in [9.17, 15) is 4.79 Å². The summed E-state index contributed by atoms with van der Waals surface area (Å²) in [6.45, 7) is 3.85. The van der Waals surface area contributed by atoms with E-state index < -0.39 is 0 Å². The molecule has 102 valence electrons. The highest BCUT2D eigenvalue weighted by Crippen LogP contribution is 2.13. The van der Waals surface area contributed by atoms with E-state index >= 15 is 0 Å². The van der Waals surface area contributed by atoms with Crippen molar-refractivity contribution in [3.8, 4) is 6.07 Å². The van der Waals surface area contributed by atoms with Gasteiger partial charge >= 0.3 is 0 Å². The summed E-state index contributed by atoms with van der Waals surface area (Å²) in [4.78, 5) is 13.7. The zero-order chi connectivity index (χ0) is 14.1. The molecule has 0 fully saturated rings. The number of benzene rings is 1. The number of nitriles is 1. The topological polar surface area (TPSA) is 82.2 Å². The molecule has 1 amide bonds. The molecule has 0 aliphatic rings. The Bertz CT molecular complexity index is 453. The Kier molecular flexibility index (Phi) is 6.41. The van der Waals surface area contributed by atoms with Crippen LogP contribution < -0.4 is 11.1 Å². The SMILES string of the molecule is CCCN(CC(=O)NCC#N)Cc1ccccc1N. The summed E-state index contributed by atoms with van der Waals surface area (Å²) in [6.07, 6.45) is 0.957. The Balaban J connectivity index is 2.60. The molecule has 5 nitrogen and oxygen atoms in total. The third-order valence-electron chi connectivity index (χ3n) is 2.72. The van der Waals surface area contributed by atoms with Gasteiger partial charge in [0.15, 0.2) is 0 Å². The van der Waals surface area contributed by atoms with Crippen molar-refractivity contribution >= 4 is 11.6 Å². The molecule has 0 radical (unpaired) electrons. The molecular weight excluding hydrogens is 240 g/mol. The van der Waals surface area contributed by atoms with Crippen LogP contribution >= 0.6 is 0 Å². The lowest BCUT2D eigenvalue weighted by atomic mass is 10.1. The predicted octanol–water partition coefficient (Wildman–Crippen LogP) is 1.12. The van der Waals surface area contributed by atoms with Gasteiger partial charge < -0.3 is 11.1 Å². The average molecular weight is 260 g/mol. The molecule has 3 N–H and O–H groups in total. The molecule has 0 atom stereocenters. The van der Waals surface area contributed by atoms with Gasteiger partial charge in [0.1, 0.15) is 6.54 Å². The lowest BCUT2D eigenvalue weighted by Gasteiger charge is -2.21. The second kappa shape index (κ2) is 8.11. The fourth-order valence-electron chi connectivity index (χ4n) is 1.85. The number of hydrogen-bond donors (Lipinski definition) is 2. The summed E-state index contributed by atoms with van der Waals surface area (Å²) in [7, 11) is 0. The first-order chi connectivity index (χ1) is 9.17. The Morgan fingerprint density at radius 1 is 1.47 bits per heavy atom. The van der Waals surface area contributed by atoms with Crippen LogP contribution in [0.5, 0.6) is 0 Å². The summed E-state index contributed by atoms with van der Waals surface area (Å²) in [5.41, 5.74) is 7.66. The minimum atomic E-state index is -0.135. The summed E-state index contributed by atoms with van der Waals surface area (Å²) >= 11 is 0. The predicted molar refractivity (Wildman–Crippen MR) is 75.0 cm³/mol. The van der Waals surface area contributed by atoms with Gasteiger partial charge in [-0.25, -0.2) is 0 Å². The van der Waals surface area contributed by atoms with Crippen molar-refractivity contribution < 1.29 is 4.79 Å². The first-order valence-electron chi connectivity index (χ1n) is 6.36. The molecule has 0 aliphatic heterocycles. The van der Waals surface area contributed by atoms with Gasteiger partial charge in [-0.1, -0.05) is 25.1 Å².